The summed E-state index contributed by atoms with van der Waals surface area (Å²) in [7, 11) is -2.57. The zero-order chi connectivity index (χ0) is 18.3. The van der Waals surface area contributed by atoms with Crippen LogP contribution < -0.4 is 10.0 Å². The molecule has 1 aromatic rings. The predicted molar refractivity (Wildman–Crippen MR) is 83.1 cm³/mol. The monoisotopic (exact) mass is 378 g/mol. The van der Waals surface area contributed by atoms with Crippen LogP contribution in [-0.2, 0) is 24.3 Å². The molecule has 11 heteroatoms. The van der Waals surface area contributed by atoms with Crippen LogP contribution in [0.1, 0.15) is 17.3 Å². The van der Waals surface area contributed by atoms with Crippen LogP contribution in [0.5, 0.6) is 0 Å². The SMILES string of the molecule is CCOC(=O)NC(=O)COC(=O)c1cc(S(=O)(=O)NC)ccc1Cl. The van der Waals surface area contributed by atoms with E-state index < -0.39 is 34.6 Å². The molecule has 0 heterocycles. The number of rotatable bonds is 6. The Morgan fingerprint density at radius 3 is 2.46 bits per heavy atom. The van der Waals surface area contributed by atoms with Crippen molar-refractivity contribution in [1.29, 1.82) is 0 Å². The number of carbonyl (C=O) groups is 3. The Balaban J connectivity index is 2.80. The van der Waals surface area contributed by atoms with Gasteiger partial charge in [0.25, 0.3) is 5.91 Å². The fourth-order valence-electron chi connectivity index (χ4n) is 1.47. The molecule has 2 amide bonds. The molecule has 1 rings (SSSR count). The van der Waals surface area contributed by atoms with Crippen LogP contribution in [0, 0.1) is 0 Å². The first-order valence-corrected chi connectivity index (χ1v) is 8.44. The molecular formula is C13H15ClN2O7S. The highest BCUT2D eigenvalue weighted by molar-refractivity contribution is 7.89. The summed E-state index contributed by atoms with van der Waals surface area (Å²) in [5.41, 5.74) is -0.239. The summed E-state index contributed by atoms with van der Waals surface area (Å²) >= 11 is 5.83. The van der Waals surface area contributed by atoms with E-state index in [1.807, 2.05) is 5.32 Å². The molecule has 0 spiro atoms. The van der Waals surface area contributed by atoms with Crippen molar-refractivity contribution in [2.24, 2.45) is 0 Å². The Morgan fingerprint density at radius 1 is 1.21 bits per heavy atom. The Morgan fingerprint density at radius 2 is 1.88 bits per heavy atom. The summed E-state index contributed by atoms with van der Waals surface area (Å²) in [6.07, 6.45) is -0.973. The second kappa shape index (κ2) is 8.62. The highest BCUT2D eigenvalue weighted by Gasteiger charge is 2.19. The molecule has 24 heavy (non-hydrogen) atoms. The van der Waals surface area contributed by atoms with Gasteiger partial charge in [-0.2, -0.15) is 0 Å². The number of halogens is 1. The third-order valence-corrected chi connectivity index (χ3v) is 4.33. The van der Waals surface area contributed by atoms with E-state index in [2.05, 4.69) is 9.46 Å². The molecule has 0 atom stereocenters. The zero-order valence-corrected chi connectivity index (χ0v) is 14.4. The van der Waals surface area contributed by atoms with E-state index in [0.29, 0.717) is 0 Å². The van der Waals surface area contributed by atoms with E-state index >= 15 is 0 Å². The number of nitrogens with one attached hydrogen (secondary N) is 2. The molecule has 0 radical (unpaired) electrons. The van der Waals surface area contributed by atoms with Gasteiger partial charge in [-0.05, 0) is 32.2 Å². The maximum Gasteiger partial charge on any atom is 0.413 e. The zero-order valence-electron chi connectivity index (χ0n) is 12.8. The molecule has 0 fully saturated rings. The average molecular weight is 379 g/mol. The first-order valence-electron chi connectivity index (χ1n) is 6.58. The lowest BCUT2D eigenvalue weighted by atomic mass is 10.2. The van der Waals surface area contributed by atoms with Gasteiger partial charge < -0.3 is 9.47 Å². The van der Waals surface area contributed by atoms with Crippen LogP contribution in [0.2, 0.25) is 5.02 Å². The van der Waals surface area contributed by atoms with Gasteiger partial charge in [-0.15, -0.1) is 0 Å². The third kappa shape index (κ3) is 5.48. The van der Waals surface area contributed by atoms with Crippen molar-refractivity contribution in [3.05, 3.63) is 28.8 Å². The lowest BCUT2D eigenvalue weighted by molar-refractivity contribution is -0.123. The molecule has 9 nitrogen and oxygen atoms in total. The first kappa shape index (κ1) is 19.9. The fourth-order valence-corrected chi connectivity index (χ4v) is 2.42. The minimum Gasteiger partial charge on any atom is -0.452 e. The van der Waals surface area contributed by atoms with E-state index in [-0.39, 0.29) is 22.1 Å². The van der Waals surface area contributed by atoms with Crippen molar-refractivity contribution in [3.8, 4) is 0 Å². The van der Waals surface area contributed by atoms with Gasteiger partial charge in [0, 0.05) is 0 Å². The quantitative estimate of drug-likeness (QED) is 0.696. The van der Waals surface area contributed by atoms with E-state index in [1.165, 1.54) is 19.2 Å². The molecule has 0 aromatic heterocycles. The van der Waals surface area contributed by atoms with Crippen molar-refractivity contribution in [3.63, 3.8) is 0 Å². The molecule has 132 valence electrons. The molecule has 0 saturated carbocycles. The molecule has 0 aliphatic rings. The third-order valence-electron chi connectivity index (χ3n) is 2.59. The van der Waals surface area contributed by atoms with Crippen LogP contribution in [0.4, 0.5) is 4.79 Å². The molecule has 1 aromatic carbocycles. The molecule has 0 aliphatic heterocycles. The van der Waals surface area contributed by atoms with E-state index in [4.69, 9.17) is 16.3 Å². The number of hydrogen-bond donors (Lipinski definition) is 2. The summed E-state index contributed by atoms with van der Waals surface area (Å²) in [6, 6.07) is 3.43. The predicted octanol–water partition coefficient (Wildman–Crippen LogP) is 0.678. The summed E-state index contributed by atoms with van der Waals surface area (Å²) < 4.78 is 34.7. The van der Waals surface area contributed by atoms with Gasteiger partial charge in [0.15, 0.2) is 6.61 Å². The number of ether oxygens (including phenoxy) is 2. The molecule has 2 N–H and O–H groups in total. The van der Waals surface area contributed by atoms with E-state index in [1.54, 1.807) is 6.92 Å². The molecule has 0 bridgehead atoms. The number of alkyl carbamates (subject to hydrolysis) is 1. The largest absolute Gasteiger partial charge is 0.452 e. The van der Waals surface area contributed by atoms with E-state index in [9.17, 15) is 22.8 Å². The molecule has 0 unspecified atom stereocenters. The maximum atomic E-state index is 11.9. The summed E-state index contributed by atoms with van der Waals surface area (Å²) in [5, 5.41) is 1.78. The Labute approximate surface area is 143 Å². The Bertz CT molecular complexity index is 749. The molecule has 0 saturated heterocycles. The van der Waals surface area contributed by atoms with Gasteiger partial charge >= 0.3 is 12.1 Å². The van der Waals surface area contributed by atoms with Crippen molar-refractivity contribution >= 4 is 39.6 Å². The Hall–Kier alpha value is -2.17. The lowest BCUT2D eigenvalue weighted by Gasteiger charge is -2.09. The second-order valence-electron chi connectivity index (χ2n) is 4.19. The number of amides is 2. The smallest absolute Gasteiger partial charge is 0.413 e. The minimum absolute atomic E-state index is 0.0548. The fraction of sp³-hybridized carbons (Fsp3) is 0.308. The van der Waals surface area contributed by atoms with Crippen LogP contribution >= 0.6 is 11.6 Å². The van der Waals surface area contributed by atoms with Gasteiger partial charge in [0.1, 0.15) is 0 Å². The van der Waals surface area contributed by atoms with Crippen molar-refractivity contribution in [2.75, 3.05) is 20.3 Å². The van der Waals surface area contributed by atoms with Crippen LogP contribution in [0.25, 0.3) is 0 Å². The summed E-state index contributed by atoms with van der Waals surface area (Å²) in [4.78, 5) is 34.1. The number of carbonyl (C=O) groups excluding carboxylic acids is 3. The van der Waals surface area contributed by atoms with Gasteiger partial charge in [-0.25, -0.2) is 22.7 Å². The highest BCUT2D eigenvalue weighted by atomic mass is 35.5. The average Bonchev–Trinajstić information content (AvgIpc) is 2.53. The normalized spacial score (nSPS) is 10.8. The van der Waals surface area contributed by atoms with Gasteiger partial charge in [0.05, 0.1) is 22.1 Å². The maximum absolute atomic E-state index is 11.9. The standard InChI is InChI=1S/C13H15ClN2O7S/c1-3-22-13(19)16-11(17)7-23-12(18)9-6-8(4-5-10(9)14)24(20,21)15-2/h4-6,15H,3,7H2,1-2H3,(H,16,17,19). The van der Waals surface area contributed by atoms with Gasteiger partial charge in [0.2, 0.25) is 10.0 Å². The topological polar surface area (TPSA) is 128 Å². The number of imide groups is 1. The van der Waals surface area contributed by atoms with Crippen molar-refractivity contribution < 1.29 is 32.3 Å². The van der Waals surface area contributed by atoms with Crippen LogP contribution in [-0.4, -0.2) is 46.6 Å². The second-order valence-corrected chi connectivity index (χ2v) is 6.49. The number of hydrogen-bond acceptors (Lipinski definition) is 7. The minimum atomic E-state index is -3.78. The first-order chi connectivity index (χ1) is 11.2. The number of esters is 1. The van der Waals surface area contributed by atoms with Gasteiger partial charge in [-0.3, -0.25) is 10.1 Å². The summed E-state index contributed by atoms with van der Waals surface area (Å²) in [6.45, 7) is 0.858. The van der Waals surface area contributed by atoms with Crippen LogP contribution in [0.3, 0.4) is 0 Å². The van der Waals surface area contributed by atoms with Gasteiger partial charge in [-0.1, -0.05) is 11.6 Å². The number of sulfonamides is 1. The number of benzene rings is 1. The van der Waals surface area contributed by atoms with Crippen LogP contribution in [0.15, 0.2) is 23.1 Å². The Kier molecular flexibility index (Phi) is 7.14. The van der Waals surface area contributed by atoms with Crippen molar-refractivity contribution in [1.82, 2.24) is 10.0 Å². The van der Waals surface area contributed by atoms with Crippen molar-refractivity contribution in [2.45, 2.75) is 11.8 Å². The molecule has 0 aliphatic carbocycles. The lowest BCUT2D eigenvalue weighted by Crippen LogP contribution is -2.34. The summed E-state index contributed by atoms with van der Waals surface area (Å²) in [5.74, 6) is -1.93. The molecular weight excluding hydrogens is 364 g/mol. The van der Waals surface area contributed by atoms with E-state index in [0.717, 1.165) is 6.07 Å². The highest BCUT2D eigenvalue weighted by Crippen LogP contribution is 2.21.